The van der Waals surface area contributed by atoms with Crippen molar-refractivity contribution in [3.05, 3.63) is 35.2 Å². The zero-order valence-corrected chi connectivity index (χ0v) is 24.6. The molecule has 0 spiro atoms. The minimum Gasteiger partial charge on any atom is -0.467 e. The number of carbonyl (C=O) groups excluding carboxylic acids is 1. The van der Waals surface area contributed by atoms with Crippen molar-refractivity contribution in [3.63, 3.8) is 0 Å². The van der Waals surface area contributed by atoms with Gasteiger partial charge in [0.15, 0.2) is 14.4 Å². The number of amides is 1. The van der Waals surface area contributed by atoms with Crippen LogP contribution in [0.15, 0.2) is 25.0 Å². The first-order valence-corrected chi connectivity index (χ1v) is 16.7. The summed E-state index contributed by atoms with van der Waals surface area (Å²) < 4.78 is 20.6. The molecular formula is C22H32ClN3O4S3Si. The Labute approximate surface area is 220 Å². The number of thioether (sulfide) groups is 1. The van der Waals surface area contributed by atoms with Gasteiger partial charge in [0.05, 0.1) is 23.2 Å². The highest BCUT2D eigenvalue weighted by Gasteiger charge is 2.47. The van der Waals surface area contributed by atoms with Crippen LogP contribution in [0, 0.1) is 0 Å². The summed E-state index contributed by atoms with van der Waals surface area (Å²) in [6.07, 6.45) is 6.60. The average molecular weight is 562 g/mol. The zero-order chi connectivity index (χ0) is 25.3. The summed E-state index contributed by atoms with van der Waals surface area (Å²) in [5.74, 6) is 0. The van der Waals surface area contributed by atoms with Crippen LogP contribution in [-0.2, 0) is 13.9 Å². The highest BCUT2D eigenvalue weighted by atomic mass is 35.5. The number of imidazole rings is 1. The van der Waals surface area contributed by atoms with E-state index in [9.17, 15) is 4.79 Å². The number of halogens is 1. The normalized spacial score (nSPS) is 19.9. The Balaban J connectivity index is 1.97. The van der Waals surface area contributed by atoms with E-state index in [1.165, 1.54) is 23.1 Å². The van der Waals surface area contributed by atoms with Gasteiger partial charge < -0.3 is 13.9 Å². The Morgan fingerprint density at radius 2 is 2.21 bits per heavy atom. The van der Waals surface area contributed by atoms with Gasteiger partial charge in [-0.3, -0.25) is 9.30 Å². The van der Waals surface area contributed by atoms with Gasteiger partial charge in [0.1, 0.15) is 11.4 Å². The Bertz CT molecular complexity index is 1050. The number of hydrogen-bond donors (Lipinski definition) is 0. The second kappa shape index (κ2) is 10.9. The SMILES string of the molecule is C=CCOC(=O)N1C[C@H](O[Si](C)(C)C(C)(C)C)C[C@H]1C(OC(=S)SC)c1cn2c(Cl)ncc2s1. The molecule has 0 N–H and O–H groups in total. The van der Waals surface area contributed by atoms with Gasteiger partial charge in [0.25, 0.3) is 0 Å². The molecule has 3 heterocycles. The molecule has 1 saturated heterocycles. The van der Waals surface area contributed by atoms with Crippen LogP contribution in [0.1, 0.15) is 38.2 Å². The van der Waals surface area contributed by atoms with E-state index < -0.39 is 20.5 Å². The van der Waals surface area contributed by atoms with Crippen LogP contribution in [0.3, 0.4) is 0 Å². The van der Waals surface area contributed by atoms with Crippen molar-refractivity contribution in [1.82, 2.24) is 14.3 Å². The predicted octanol–water partition coefficient (Wildman–Crippen LogP) is 6.54. The zero-order valence-electron chi connectivity index (χ0n) is 20.4. The van der Waals surface area contributed by atoms with Crippen LogP contribution in [0.5, 0.6) is 0 Å². The Morgan fingerprint density at radius 3 is 2.79 bits per heavy atom. The number of carbonyl (C=O) groups is 1. The Hall–Kier alpha value is -1.11. The standard InChI is InChI=1S/C22H32ClN3O4S3Si/c1-8-9-28-20(27)25-12-14(30-34(6,7)22(2,3)4)10-15(25)18(29-21(31)32-5)16-13-26-17(33-16)11-24-19(26)23/h8,11,13-15,18H,1,9-10,12H2,2-7H3/t14-,15+,18?/m1/s1. The molecule has 3 rings (SSSR count). The van der Waals surface area contributed by atoms with Gasteiger partial charge in [-0.05, 0) is 54.6 Å². The molecule has 1 fully saturated rings. The van der Waals surface area contributed by atoms with Crippen molar-refractivity contribution < 1.29 is 18.7 Å². The maximum Gasteiger partial charge on any atom is 0.410 e. The number of ether oxygens (including phenoxy) is 2. The van der Waals surface area contributed by atoms with Gasteiger partial charge in [0, 0.05) is 12.7 Å². The predicted molar refractivity (Wildman–Crippen MR) is 147 cm³/mol. The molecular weight excluding hydrogens is 530 g/mol. The second-order valence-electron chi connectivity index (χ2n) is 9.68. The molecule has 0 aromatic carbocycles. The van der Waals surface area contributed by atoms with Crippen LogP contribution in [-0.4, -0.2) is 64.6 Å². The fraction of sp³-hybridized carbons (Fsp3) is 0.591. The molecule has 7 nitrogen and oxygen atoms in total. The monoisotopic (exact) mass is 561 g/mol. The lowest BCUT2D eigenvalue weighted by Crippen LogP contribution is -2.45. The van der Waals surface area contributed by atoms with Crippen LogP contribution >= 0.6 is 46.9 Å². The fourth-order valence-electron chi connectivity index (χ4n) is 3.61. The second-order valence-corrected chi connectivity index (χ2v) is 17.3. The van der Waals surface area contributed by atoms with Crippen LogP contribution in [0.4, 0.5) is 4.79 Å². The van der Waals surface area contributed by atoms with Gasteiger partial charge in [-0.1, -0.05) is 45.2 Å². The number of likely N-dealkylation sites (tertiary alicyclic amines) is 1. The summed E-state index contributed by atoms with van der Waals surface area (Å²) in [7, 11) is -2.06. The Morgan fingerprint density at radius 1 is 1.50 bits per heavy atom. The third-order valence-corrected chi connectivity index (χ3v) is 13.3. The van der Waals surface area contributed by atoms with Crippen molar-refractivity contribution in [2.24, 2.45) is 0 Å². The number of aromatic nitrogens is 2. The van der Waals surface area contributed by atoms with Gasteiger partial charge in [0.2, 0.25) is 9.67 Å². The van der Waals surface area contributed by atoms with E-state index in [1.54, 1.807) is 21.6 Å². The molecule has 1 aliphatic rings. The topological polar surface area (TPSA) is 65.3 Å². The summed E-state index contributed by atoms with van der Waals surface area (Å²) in [6.45, 7) is 15.3. The quantitative estimate of drug-likeness (QED) is 0.216. The molecule has 0 bridgehead atoms. The summed E-state index contributed by atoms with van der Waals surface area (Å²) in [5, 5.41) is 0.420. The first-order chi connectivity index (χ1) is 15.9. The summed E-state index contributed by atoms with van der Waals surface area (Å²) >= 11 is 14.5. The number of rotatable bonds is 7. The van der Waals surface area contributed by atoms with Crippen molar-refractivity contribution in [1.29, 1.82) is 0 Å². The lowest BCUT2D eigenvalue weighted by atomic mass is 10.1. The van der Waals surface area contributed by atoms with Crippen LogP contribution in [0.2, 0.25) is 23.4 Å². The first-order valence-electron chi connectivity index (χ1n) is 11.0. The lowest BCUT2D eigenvalue weighted by Gasteiger charge is -2.38. The molecule has 3 atom stereocenters. The molecule has 0 aliphatic carbocycles. The molecule has 0 saturated carbocycles. The van der Waals surface area contributed by atoms with Gasteiger partial charge in [-0.25, -0.2) is 9.78 Å². The Kier molecular flexibility index (Phi) is 8.79. The van der Waals surface area contributed by atoms with Gasteiger partial charge in [-0.2, -0.15) is 0 Å². The molecule has 34 heavy (non-hydrogen) atoms. The highest BCUT2D eigenvalue weighted by molar-refractivity contribution is 8.22. The van der Waals surface area contributed by atoms with Gasteiger partial charge in [-0.15, -0.1) is 11.3 Å². The maximum atomic E-state index is 13.1. The first kappa shape index (κ1) is 27.5. The van der Waals surface area contributed by atoms with Crippen molar-refractivity contribution in [2.75, 3.05) is 19.4 Å². The fourth-order valence-corrected chi connectivity index (χ4v) is 6.58. The number of fused-ring (bicyclic) bond motifs is 1. The van der Waals surface area contributed by atoms with Crippen LogP contribution in [0.25, 0.3) is 4.83 Å². The third-order valence-electron chi connectivity index (χ3n) is 6.35. The molecule has 2 aromatic rings. The number of thiazole rings is 1. The van der Waals surface area contributed by atoms with Crippen molar-refractivity contribution >= 4 is 70.5 Å². The minimum atomic E-state index is -2.06. The molecule has 0 radical (unpaired) electrons. The van der Waals surface area contributed by atoms with Crippen molar-refractivity contribution in [3.8, 4) is 0 Å². The number of thiocarbonyl (C=S) groups is 1. The molecule has 2 aromatic heterocycles. The van der Waals surface area contributed by atoms with E-state index in [1.807, 2.05) is 12.5 Å². The molecule has 1 unspecified atom stereocenters. The smallest absolute Gasteiger partial charge is 0.410 e. The van der Waals surface area contributed by atoms with E-state index in [0.717, 1.165) is 9.71 Å². The molecule has 1 aliphatic heterocycles. The van der Waals surface area contributed by atoms with E-state index in [2.05, 4.69) is 45.4 Å². The molecule has 12 heteroatoms. The summed E-state index contributed by atoms with van der Waals surface area (Å²) in [6, 6.07) is -0.327. The summed E-state index contributed by atoms with van der Waals surface area (Å²) in [4.78, 5) is 20.7. The molecule has 1 amide bonds. The highest BCUT2D eigenvalue weighted by Crippen LogP contribution is 2.42. The number of nitrogens with zero attached hydrogens (tertiary/aromatic N) is 3. The number of hydrogen-bond acceptors (Lipinski definition) is 8. The summed E-state index contributed by atoms with van der Waals surface area (Å²) in [5.41, 5.74) is 0. The lowest BCUT2D eigenvalue weighted by molar-refractivity contribution is 0.0658. The third kappa shape index (κ3) is 5.99. The van der Waals surface area contributed by atoms with Crippen LogP contribution < -0.4 is 0 Å². The van der Waals surface area contributed by atoms with E-state index >= 15 is 0 Å². The van der Waals surface area contributed by atoms with Gasteiger partial charge >= 0.3 is 6.09 Å². The van der Waals surface area contributed by atoms with E-state index in [4.69, 9.17) is 37.7 Å². The molecule has 188 valence electrons. The average Bonchev–Trinajstić information content (AvgIpc) is 3.45. The minimum absolute atomic E-state index is 0.0483. The maximum absolute atomic E-state index is 13.1. The largest absolute Gasteiger partial charge is 0.467 e. The van der Waals surface area contributed by atoms with E-state index in [0.29, 0.717) is 22.6 Å². The van der Waals surface area contributed by atoms with E-state index in [-0.39, 0.29) is 23.8 Å². The van der Waals surface area contributed by atoms with Crippen molar-refractivity contribution in [2.45, 2.75) is 63.6 Å².